The summed E-state index contributed by atoms with van der Waals surface area (Å²) < 4.78 is 16.0. The first-order valence-corrected chi connectivity index (χ1v) is 11.1. The van der Waals surface area contributed by atoms with Crippen LogP contribution >= 0.6 is 11.3 Å². The minimum atomic E-state index is -0.387. The molecule has 1 aliphatic rings. The van der Waals surface area contributed by atoms with Crippen molar-refractivity contribution in [3.63, 3.8) is 0 Å². The monoisotopic (exact) mass is 452 g/mol. The second-order valence-electron chi connectivity index (χ2n) is 7.45. The predicted octanol–water partition coefficient (Wildman–Crippen LogP) is 2.70. The van der Waals surface area contributed by atoms with E-state index in [0.29, 0.717) is 34.5 Å². The van der Waals surface area contributed by atoms with E-state index in [1.165, 1.54) is 17.5 Å². The summed E-state index contributed by atoms with van der Waals surface area (Å²) in [5.41, 5.74) is 2.12. The molecule has 3 N–H and O–H groups in total. The molecule has 11 heteroatoms. The number of anilines is 2. The summed E-state index contributed by atoms with van der Waals surface area (Å²) in [5, 5.41) is 9.95. The highest BCUT2D eigenvalue weighted by Crippen LogP contribution is 2.31. The number of halogens is 1. The fraction of sp³-hybridized carbons (Fsp3) is 0.286. The number of rotatable bonds is 7. The summed E-state index contributed by atoms with van der Waals surface area (Å²) in [6.07, 6.45) is 9.70. The lowest BCUT2D eigenvalue weighted by Gasteiger charge is -2.11. The molecule has 0 spiro atoms. The van der Waals surface area contributed by atoms with Crippen molar-refractivity contribution in [2.45, 2.75) is 25.4 Å². The molecule has 4 aromatic heterocycles. The molecule has 5 rings (SSSR count). The van der Waals surface area contributed by atoms with Gasteiger partial charge in [-0.2, -0.15) is 0 Å². The lowest BCUT2D eigenvalue weighted by atomic mass is 10.2. The Morgan fingerprint density at radius 3 is 3.06 bits per heavy atom. The van der Waals surface area contributed by atoms with E-state index in [1.807, 2.05) is 10.6 Å². The molecule has 4 aromatic rings. The van der Waals surface area contributed by atoms with Gasteiger partial charge in [0.15, 0.2) is 5.13 Å². The van der Waals surface area contributed by atoms with Crippen LogP contribution in [0.4, 0.5) is 15.3 Å². The maximum Gasteiger partial charge on any atom is 0.237 e. The van der Waals surface area contributed by atoms with E-state index < -0.39 is 0 Å². The Bertz CT molecular complexity index is 1250. The summed E-state index contributed by atoms with van der Waals surface area (Å²) in [5.74, 6) is 0.262. The van der Waals surface area contributed by atoms with E-state index in [0.717, 1.165) is 30.4 Å². The molecule has 1 fully saturated rings. The van der Waals surface area contributed by atoms with Crippen LogP contribution in [0.3, 0.4) is 0 Å². The highest BCUT2D eigenvalue weighted by atomic mass is 32.1. The number of carbonyl (C=O) groups excluding carboxylic acids is 1. The predicted molar refractivity (Wildman–Crippen MR) is 120 cm³/mol. The number of hydrogen-bond acceptors (Lipinski definition) is 8. The van der Waals surface area contributed by atoms with Gasteiger partial charge in [-0.15, -0.1) is 0 Å². The van der Waals surface area contributed by atoms with Gasteiger partial charge >= 0.3 is 0 Å². The molecule has 0 radical (unpaired) electrons. The van der Waals surface area contributed by atoms with Gasteiger partial charge in [0.1, 0.15) is 17.2 Å². The third kappa shape index (κ3) is 4.30. The maximum atomic E-state index is 14.0. The van der Waals surface area contributed by atoms with Crippen LogP contribution < -0.4 is 16.0 Å². The highest BCUT2D eigenvalue weighted by Gasteiger charge is 2.21. The molecule has 1 saturated heterocycles. The van der Waals surface area contributed by atoms with Crippen molar-refractivity contribution in [1.82, 2.24) is 35.1 Å². The number of carbonyl (C=O) groups is 1. The zero-order valence-electron chi connectivity index (χ0n) is 17.1. The molecular weight excluding hydrogens is 431 g/mol. The SMILES string of the molecule is O=C(NCCn1cnc2cnc(Nc3ncc(-c4ccncc4F)s3)cc21)[C@@H]1CCCN1. The fourth-order valence-corrected chi connectivity index (χ4v) is 4.53. The highest BCUT2D eigenvalue weighted by molar-refractivity contribution is 7.18. The third-order valence-corrected chi connectivity index (χ3v) is 6.26. The van der Waals surface area contributed by atoms with Crippen LogP contribution in [0.15, 0.2) is 43.2 Å². The number of hydrogen-bond donors (Lipinski definition) is 3. The average molecular weight is 453 g/mol. The zero-order chi connectivity index (χ0) is 21.9. The van der Waals surface area contributed by atoms with Gasteiger partial charge in [0.05, 0.1) is 35.2 Å². The summed E-state index contributed by atoms with van der Waals surface area (Å²) in [6.45, 7) is 2.01. The van der Waals surface area contributed by atoms with Gasteiger partial charge in [0, 0.05) is 37.1 Å². The van der Waals surface area contributed by atoms with Crippen molar-refractivity contribution >= 4 is 39.2 Å². The summed E-state index contributed by atoms with van der Waals surface area (Å²) in [6, 6.07) is 3.42. The van der Waals surface area contributed by atoms with Gasteiger partial charge in [-0.05, 0) is 25.5 Å². The Balaban J connectivity index is 1.26. The number of imidazole rings is 1. The Kier molecular flexibility index (Phi) is 5.73. The number of fused-ring (bicyclic) bond motifs is 1. The van der Waals surface area contributed by atoms with E-state index in [-0.39, 0.29) is 17.8 Å². The molecule has 0 aromatic carbocycles. The van der Waals surface area contributed by atoms with Crippen molar-refractivity contribution < 1.29 is 9.18 Å². The molecule has 32 heavy (non-hydrogen) atoms. The molecule has 1 aliphatic heterocycles. The van der Waals surface area contributed by atoms with E-state index >= 15 is 0 Å². The van der Waals surface area contributed by atoms with E-state index in [4.69, 9.17) is 0 Å². The molecular formula is C21H21FN8OS. The lowest BCUT2D eigenvalue weighted by Crippen LogP contribution is -2.41. The van der Waals surface area contributed by atoms with Gasteiger partial charge in [0.25, 0.3) is 0 Å². The van der Waals surface area contributed by atoms with Crippen molar-refractivity contribution in [2.75, 3.05) is 18.4 Å². The average Bonchev–Trinajstić information content (AvgIpc) is 3.56. The number of aromatic nitrogens is 5. The molecule has 9 nitrogen and oxygen atoms in total. The smallest absolute Gasteiger partial charge is 0.237 e. The Morgan fingerprint density at radius 2 is 2.22 bits per heavy atom. The first-order chi connectivity index (χ1) is 15.7. The molecule has 1 amide bonds. The van der Waals surface area contributed by atoms with Gasteiger partial charge in [0.2, 0.25) is 5.91 Å². The summed E-state index contributed by atoms with van der Waals surface area (Å²) in [4.78, 5) is 29.8. The lowest BCUT2D eigenvalue weighted by molar-refractivity contribution is -0.122. The topological polar surface area (TPSA) is 110 Å². The van der Waals surface area contributed by atoms with E-state index in [1.54, 1.807) is 31.0 Å². The van der Waals surface area contributed by atoms with Crippen LogP contribution in [0, 0.1) is 5.82 Å². The van der Waals surface area contributed by atoms with Crippen LogP contribution in [0.25, 0.3) is 21.5 Å². The fourth-order valence-electron chi connectivity index (χ4n) is 3.68. The number of thiazole rings is 1. The number of nitrogens with zero attached hydrogens (tertiary/aromatic N) is 5. The second-order valence-corrected chi connectivity index (χ2v) is 8.48. The number of pyridine rings is 2. The standard InChI is InChI=1S/C21H21FN8OS/c22-14-9-23-5-3-13(14)18-11-27-21(32-18)29-19-8-17-16(10-26-19)28-12-30(17)7-6-25-20(31)15-2-1-4-24-15/h3,5,8-12,15,24H,1-2,4,6-7H2,(H,25,31)(H,26,27,29)/t15-/m0/s1. The third-order valence-electron chi connectivity index (χ3n) is 5.31. The molecule has 1 atom stereocenters. The number of amides is 1. The molecule has 0 saturated carbocycles. The quantitative estimate of drug-likeness (QED) is 0.395. The minimum absolute atomic E-state index is 0.0427. The first-order valence-electron chi connectivity index (χ1n) is 10.3. The second kappa shape index (κ2) is 8.97. The molecule has 0 unspecified atom stereocenters. The molecule has 5 heterocycles. The van der Waals surface area contributed by atoms with Gasteiger partial charge in [-0.3, -0.25) is 9.78 Å². The van der Waals surface area contributed by atoms with Crippen molar-refractivity contribution in [1.29, 1.82) is 0 Å². The maximum absolute atomic E-state index is 14.0. The van der Waals surface area contributed by atoms with Crippen LogP contribution in [0.5, 0.6) is 0 Å². The van der Waals surface area contributed by atoms with Crippen LogP contribution in [-0.2, 0) is 11.3 Å². The molecule has 164 valence electrons. The van der Waals surface area contributed by atoms with Crippen molar-refractivity contribution in [3.05, 3.63) is 49.1 Å². The number of nitrogens with one attached hydrogen (secondary N) is 3. The molecule has 0 aliphatic carbocycles. The van der Waals surface area contributed by atoms with Crippen molar-refractivity contribution in [2.24, 2.45) is 0 Å². The van der Waals surface area contributed by atoms with Gasteiger partial charge < -0.3 is 20.5 Å². The summed E-state index contributed by atoms with van der Waals surface area (Å²) in [7, 11) is 0. The van der Waals surface area contributed by atoms with Crippen LogP contribution in [-0.4, -0.2) is 49.5 Å². The van der Waals surface area contributed by atoms with Crippen molar-refractivity contribution in [3.8, 4) is 10.4 Å². The van der Waals surface area contributed by atoms with E-state index in [2.05, 4.69) is 35.9 Å². The Hall–Kier alpha value is -3.44. The van der Waals surface area contributed by atoms with Gasteiger partial charge in [-0.1, -0.05) is 11.3 Å². The summed E-state index contributed by atoms with van der Waals surface area (Å²) >= 11 is 1.33. The zero-order valence-corrected chi connectivity index (χ0v) is 17.9. The molecule has 0 bridgehead atoms. The Morgan fingerprint density at radius 1 is 1.28 bits per heavy atom. The van der Waals surface area contributed by atoms with Crippen LogP contribution in [0.1, 0.15) is 12.8 Å². The minimum Gasteiger partial charge on any atom is -0.353 e. The van der Waals surface area contributed by atoms with E-state index in [9.17, 15) is 9.18 Å². The largest absolute Gasteiger partial charge is 0.353 e. The first kappa shape index (κ1) is 20.5. The van der Waals surface area contributed by atoms with Crippen LogP contribution in [0.2, 0.25) is 0 Å². The Labute approximate surface area is 187 Å². The van der Waals surface area contributed by atoms with Gasteiger partial charge in [-0.25, -0.2) is 19.3 Å². The normalized spacial score (nSPS) is 15.8.